The second-order valence-corrected chi connectivity index (χ2v) is 3.87. The number of halogens is 1. The van der Waals surface area contributed by atoms with Gasteiger partial charge in [-0.15, -0.1) is 0 Å². The van der Waals surface area contributed by atoms with E-state index in [1.165, 1.54) is 0 Å². The number of phenolic OH excluding ortho intramolecular Hbond substituents is 1. The summed E-state index contributed by atoms with van der Waals surface area (Å²) in [6.07, 6.45) is 0. The molecule has 2 aromatic carbocycles. The van der Waals surface area contributed by atoms with Crippen molar-refractivity contribution in [1.29, 1.82) is 0 Å². The molecule has 0 saturated heterocycles. The smallest absolute Gasteiger partial charge is 0.120 e. The second-order valence-electron chi connectivity index (χ2n) is 3.43. The van der Waals surface area contributed by atoms with Gasteiger partial charge in [0.1, 0.15) is 11.5 Å². The van der Waals surface area contributed by atoms with Crippen LogP contribution < -0.4 is 4.74 Å². The summed E-state index contributed by atoms with van der Waals surface area (Å²) < 4.78 is 5.14. The van der Waals surface area contributed by atoms with E-state index in [-0.39, 0.29) is 5.75 Å². The van der Waals surface area contributed by atoms with E-state index in [2.05, 4.69) is 0 Å². The van der Waals surface area contributed by atoms with Gasteiger partial charge in [-0.2, -0.15) is 0 Å². The van der Waals surface area contributed by atoms with Gasteiger partial charge in [-0.25, -0.2) is 0 Å². The normalized spacial score (nSPS) is 10.1. The van der Waals surface area contributed by atoms with E-state index in [4.69, 9.17) is 16.3 Å². The Morgan fingerprint density at radius 2 is 1.88 bits per heavy atom. The Morgan fingerprint density at radius 3 is 2.56 bits per heavy atom. The molecule has 0 aliphatic rings. The minimum Gasteiger partial charge on any atom is -0.508 e. The molecule has 0 radical (unpaired) electrons. The highest BCUT2D eigenvalue weighted by atomic mass is 35.5. The molecule has 0 unspecified atom stereocenters. The molecule has 0 heterocycles. The van der Waals surface area contributed by atoms with Crippen molar-refractivity contribution < 1.29 is 9.84 Å². The van der Waals surface area contributed by atoms with Gasteiger partial charge >= 0.3 is 0 Å². The Balaban J connectivity index is 2.51. The predicted molar refractivity (Wildman–Crippen MR) is 65.1 cm³/mol. The third-order valence-corrected chi connectivity index (χ3v) is 2.50. The van der Waals surface area contributed by atoms with Crippen LogP contribution in [0, 0.1) is 0 Å². The maximum atomic E-state index is 9.41. The molecule has 0 aliphatic carbocycles. The molecule has 0 saturated carbocycles. The lowest BCUT2D eigenvalue weighted by molar-refractivity contribution is 0.415. The Bertz CT molecular complexity index is 509. The average molecular weight is 235 g/mol. The highest BCUT2D eigenvalue weighted by Gasteiger charge is 2.03. The van der Waals surface area contributed by atoms with Crippen molar-refractivity contribution in [2.45, 2.75) is 0 Å². The van der Waals surface area contributed by atoms with E-state index < -0.39 is 0 Å². The minimum atomic E-state index is 0.233. The van der Waals surface area contributed by atoms with Gasteiger partial charge in [0.15, 0.2) is 0 Å². The van der Waals surface area contributed by atoms with Crippen molar-refractivity contribution >= 4 is 11.6 Å². The summed E-state index contributed by atoms with van der Waals surface area (Å²) in [6, 6.07) is 12.5. The van der Waals surface area contributed by atoms with Crippen LogP contribution in [0.2, 0.25) is 5.02 Å². The third-order valence-electron chi connectivity index (χ3n) is 2.29. The van der Waals surface area contributed by atoms with Gasteiger partial charge in [0.05, 0.1) is 7.11 Å². The molecule has 2 aromatic rings. The van der Waals surface area contributed by atoms with Gasteiger partial charge in [0.25, 0.3) is 0 Å². The molecular weight excluding hydrogens is 224 g/mol. The molecule has 0 spiro atoms. The van der Waals surface area contributed by atoms with Crippen LogP contribution in [0.3, 0.4) is 0 Å². The topological polar surface area (TPSA) is 29.5 Å². The zero-order valence-electron chi connectivity index (χ0n) is 8.77. The minimum absolute atomic E-state index is 0.233. The first-order chi connectivity index (χ1) is 7.69. The molecule has 0 aliphatic heterocycles. The summed E-state index contributed by atoms with van der Waals surface area (Å²) in [6.45, 7) is 0. The number of methoxy groups -OCH3 is 1. The molecule has 0 amide bonds. The van der Waals surface area contributed by atoms with Crippen molar-refractivity contribution in [1.82, 2.24) is 0 Å². The highest BCUT2D eigenvalue weighted by Crippen LogP contribution is 2.29. The van der Waals surface area contributed by atoms with Crippen LogP contribution in [0.4, 0.5) is 0 Å². The van der Waals surface area contributed by atoms with Crippen LogP contribution in [0.1, 0.15) is 0 Å². The fourth-order valence-electron chi connectivity index (χ4n) is 1.53. The summed E-state index contributed by atoms with van der Waals surface area (Å²) in [5.41, 5.74) is 1.82. The predicted octanol–water partition coefficient (Wildman–Crippen LogP) is 3.72. The van der Waals surface area contributed by atoms with E-state index in [1.54, 1.807) is 31.4 Å². The first-order valence-electron chi connectivity index (χ1n) is 4.83. The molecule has 3 heteroatoms. The number of rotatable bonds is 2. The van der Waals surface area contributed by atoms with E-state index in [0.717, 1.165) is 11.1 Å². The molecule has 0 aromatic heterocycles. The summed E-state index contributed by atoms with van der Waals surface area (Å²) in [7, 11) is 1.60. The van der Waals surface area contributed by atoms with Crippen LogP contribution in [-0.4, -0.2) is 12.2 Å². The summed E-state index contributed by atoms with van der Waals surface area (Å²) in [5, 5.41) is 10.0. The lowest BCUT2D eigenvalue weighted by Gasteiger charge is -2.06. The first kappa shape index (κ1) is 10.8. The van der Waals surface area contributed by atoms with E-state index in [9.17, 15) is 5.11 Å². The zero-order chi connectivity index (χ0) is 11.5. The molecule has 0 fully saturated rings. The molecule has 16 heavy (non-hydrogen) atoms. The number of hydrogen-bond acceptors (Lipinski definition) is 2. The van der Waals surface area contributed by atoms with Crippen LogP contribution in [0.15, 0.2) is 42.5 Å². The second kappa shape index (κ2) is 4.45. The van der Waals surface area contributed by atoms with Crippen LogP contribution in [-0.2, 0) is 0 Å². The molecule has 2 nitrogen and oxygen atoms in total. The van der Waals surface area contributed by atoms with Gasteiger partial charge in [0, 0.05) is 5.02 Å². The maximum Gasteiger partial charge on any atom is 0.120 e. The van der Waals surface area contributed by atoms with E-state index in [1.807, 2.05) is 18.2 Å². The molecule has 0 bridgehead atoms. The van der Waals surface area contributed by atoms with Crippen molar-refractivity contribution in [3.8, 4) is 22.6 Å². The quantitative estimate of drug-likeness (QED) is 0.858. The number of hydrogen-bond donors (Lipinski definition) is 1. The standard InChI is InChI=1S/C13H11ClO2/c1-16-13-7-10(5-11(14)8-13)9-3-2-4-12(15)6-9/h2-8,15H,1H3. The van der Waals surface area contributed by atoms with E-state index >= 15 is 0 Å². The third kappa shape index (κ3) is 2.28. The van der Waals surface area contributed by atoms with Crippen molar-refractivity contribution in [2.75, 3.05) is 7.11 Å². The monoisotopic (exact) mass is 234 g/mol. The number of ether oxygens (including phenoxy) is 1. The SMILES string of the molecule is COc1cc(Cl)cc(-c2cccc(O)c2)c1. The lowest BCUT2D eigenvalue weighted by Crippen LogP contribution is -1.84. The molecule has 1 N–H and O–H groups in total. The molecule has 0 atom stereocenters. The number of phenols is 1. The molecule has 82 valence electrons. The van der Waals surface area contributed by atoms with Gasteiger partial charge in [-0.1, -0.05) is 23.7 Å². The van der Waals surface area contributed by atoms with Gasteiger partial charge in [-0.05, 0) is 41.5 Å². The zero-order valence-corrected chi connectivity index (χ0v) is 9.53. The van der Waals surface area contributed by atoms with Crippen molar-refractivity contribution in [3.05, 3.63) is 47.5 Å². The van der Waals surface area contributed by atoms with Gasteiger partial charge < -0.3 is 9.84 Å². The number of benzene rings is 2. The first-order valence-corrected chi connectivity index (χ1v) is 5.21. The fraction of sp³-hybridized carbons (Fsp3) is 0.0769. The Labute approximate surface area is 99.1 Å². The Kier molecular flexibility index (Phi) is 3.02. The van der Waals surface area contributed by atoms with Gasteiger partial charge in [-0.3, -0.25) is 0 Å². The summed E-state index contributed by atoms with van der Waals surface area (Å²) in [4.78, 5) is 0. The van der Waals surface area contributed by atoms with Crippen molar-refractivity contribution in [3.63, 3.8) is 0 Å². The lowest BCUT2D eigenvalue weighted by atomic mass is 10.1. The average Bonchev–Trinajstić information content (AvgIpc) is 2.28. The Morgan fingerprint density at radius 1 is 1.06 bits per heavy atom. The molecular formula is C13H11ClO2. The molecule has 2 rings (SSSR count). The van der Waals surface area contributed by atoms with E-state index in [0.29, 0.717) is 10.8 Å². The van der Waals surface area contributed by atoms with Crippen LogP contribution in [0.5, 0.6) is 11.5 Å². The summed E-state index contributed by atoms with van der Waals surface area (Å²) in [5.74, 6) is 0.933. The highest BCUT2D eigenvalue weighted by molar-refractivity contribution is 6.31. The largest absolute Gasteiger partial charge is 0.508 e. The van der Waals surface area contributed by atoms with Crippen LogP contribution in [0.25, 0.3) is 11.1 Å². The van der Waals surface area contributed by atoms with Gasteiger partial charge in [0.2, 0.25) is 0 Å². The van der Waals surface area contributed by atoms with Crippen LogP contribution >= 0.6 is 11.6 Å². The van der Waals surface area contributed by atoms with Crippen molar-refractivity contribution in [2.24, 2.45) is 0 Å². The number of aromatic hydroxyl groups is 1. The Hall–Kier alpha value is -1.67. The summed E-state index contributed by atoms with van der Waals surface area (Å²) >= 11 is 5.98. The fourth-order valence-corrected chi connectivity index (χ4v) is 1.76. The maximum absolute atomic E-state index is 9.41.